The van der Waals surface area contributed by atoms with Crippen molar-refractivity contribution in [3.63, 3.8) is 0 Å². The number of nitrogens with zero attached hydrogens (tertiary/aromatic N) is 3. The minimum Gasteiger partial charge on any atom is -0.365 e. The fourth-order valence-electron chi connectivity index (χ4n) is 2.87. The molecule has 2 aliphatic heterocycles. The van der Waals surface area contributed by atoms with Gasteiger partial charge in [-0.2, -0.15) is 5.26 Å². The Kier molecular flexibility index (Phi) is 4.78. The summed E-state index contributed by atoms with van der Waals surface area (Å²) < 4.78 is 5.64. The van der Waals surface area contributed by atoms with E-state index in [0.717, 1.165) is 32.4 Å². The number of piperazine rings is 1. The van der Waals surface area contributed by atoms with Crippen LogP contribution in [0.25, 0.3) is 0 Å². The summed E-state index contributed by atoms with van der Waals surface area (Å²) in [5, 5.41) is 9.06. The van der Waals surface area contributed by atoms with Crippen molar-refractivity contribution < 1.29 is 9.53 Å². The van der Waals surface area contributed by atoms with E-state index in [4.69, 9.17) is 10.00 Å². The van der Waals surface area contributed by atoms with Gasteiger partial charge in [0.25, 0.3) is 5.91 Å². The van der Waals surface area contributed by atoms with E-state index >= 15 is 0 Å². The molecule has 5 nitrogen and oxygen atoms in total. The van der Waals surface area contributed by atoms with E-state index in [-0.39, 0.29) is 24.2 Å². The van der Waals surface area contributed by atoms with Gasteiger partial charge in [0, 0.05) is 26.2 Å². The van der Waals surface area contributed by atoms with Gasteiger partial charge in [-0.15, -0.1) is 0 Å². The Labute approximate surface area is 115 Å². The van der Waals surface area contributed by atoms with E-state index in [1.807, 2.05) is 18.7 Å². The highest BCUT2D eigenvalue weighted by Crippen LogP contribution is 2.21. The third-order valence-electron chi connectivity index (χ3n) is 4.11. The van der Waals surface area contributed by atoms with Crippen LogP contribution in [0.1, 0.15) is 33.1 Å². The van der Waals surface area contributed by atoms with E-state index in [0.29, 0.717) is 13.1 Å². The van der Waals surface area contributed by atoms with Crippen molar-refractivity contribution in [2.45, 2.75) is 51.4 Å². The Hall–Kier alpha value is -1.12. The summed E-state index contributed by atoms with van der Waals surface area (Å²) in [5.74, 6) is 0.133. The highest BCUT2D eigenvalue weighted by atomic mass is 16.5. The lowest BCUT2D eigenvalue weighted by molar-refractivity contribution is -0.144. The molecule has 3 atom stereocenters. The Morgan fingerprint density at radius 3 is 2.53 bits per heavy atom. The smallest absolute Gasteiger partial charge is 0.251 e. The molecular weight excluding hydrogens is 242 g/mol. The van der Waals surface area contributed by atoms with Crippen LogP contribution in [0.15, 0.2) is 0 Å². The average Bonchev–Trinajstić information content (AvgIpc) is 2.87. The molecule has 0 aromatic rings. The first-order valence-electron chi connectivity index (χ1n) is 7.23. The van der Waals surface area contributed by atoms with Crippen LogP contribution in [0.2, 0.25) is 0 Å². The van der Waals surface area contributed by atoms with Crippen LogP contribution in [-0.4, -0.2) is 60.1 Å². The van der Waals surface area contributed by atoms with Gasteiger partial charge in [-0.05, 0) is 26.2 Å². The summed E-state index contributed by atoms with van der Waals surface area (Å²) in [5.41, 5.74) is 0. The summed E-state index contributed by atoms with van der Waals surface area (Å²) in [6.45, 7) is 7.06. The minimum absolute atomic E-state index is 0.0139. The van der Waals surface area contributed by atoms with Crippen molar-refractivity contribution >= 4 is 5.91 Å². The standard InChI is InChI=1S/C14H23N3O2/c1-3-12(10-15)16-6-8-17(9-7-16)14(18)13-5-4-11(2)19-13/h11-13H,3-9H2,1-2H3. The number of amides is 1. The maximum atomic E-state index is 12.3. The second-order valence-electron chi connectivity index (χ2n) is 5.43. The quantitative estimate of drug-likeness (QED) is 0.764. The monoisotopic (exact) mass is 265 g/mol. The molecule has 0 spiro atoms. The number of ether oxygens (including phenoxy) is 1. The Morgan fingerprint density at radius 2 is 2.05 bits per heavy atom. The van der Waals surface area contributed by atoms with Crippen molar-refractivity contribution in [3.05, 3.63) is 0 Å². The number of carbonyl (C=O) groups is 1. The SMILES string of the molecule is CCC(C#N)N1CCN(C(=O)C2CCC(C)O2)CC1. The fourth-order valence-corrected chi connectivity index (χ4v) is 2.87. The van der Waals surface area contributed by atoms with Gasteiger partial charge in [0.05, 0.1) is 18.2 Å². The van der Waals surface area contributed by atoms with E-state index in [2.05, 4.69) is 11.0 Å². The molecule has 2 saturated heterocycles. The van der Waals surface area contributed by atoms with Gasteiger partial charge in [0.1, 0.15) is 6.10 Å². The van der Waals surface area contributed by atoms with Crippen LogP contribution >= 0.6 is 0 Å². The highest BCUT2D eigenvalue weighted by molar-refractivity contribution is 5.81. The molecule has 0 radical (unpaired) electrons. The second kappa shape index (κ2) is 6.36. The molecule has 1 amide bonds. The number of hydrogen-bond acceptors (Lipinski definition) is 4. The zero-order valence-corrected chi connectivity index (χ0v) is 11.8. The zero-order valence-electron chi connectivity index (χ0n) is 11.8. The second-order valence-corrected chi connectivity index (χ2v) is 5.43. The lowest BCUT2D eigenvalue weighted by Gasteiger charge is -2.37. The molecule has 0 aliphatic carbocycles. The van der Waals surface area contributed by atoms with Gasteiger partial charge in [-0.3, -0.25) is 9.69 Å². The summed E-state index contributed by atoms with van der Waals surface area (Å²) in [7, 11) is 0. The number of carbonyl (C=O) groups excluding carboxylic acids is 1. The van der Waals surface area contributed by atoms with Crippen LogP contribution in [0.3, 0.4) is 0 Å². The normalized spacial score (nSPS) is 30.1. The van der Waals surface area contributed by atoms with Gasteiger partial charge >= 0.3 is 0 Å². The molecule has 19 heavy (non-hydrogen) atoms. The minimum atomic E-state index is -0.237. The molecule has 106 valence electrons. The summed E-state index contributed by atoms with van der Waals surface area (Å²) >= 11 is 0. The molecule has 2 aliphatic rings. The van der Waals surface area contributed by atoms with E-state index in [1.54, 1.807) is 0 Å². The highest BCUT2D eigenvalue weighted by Gasteiger charge is 2.33. The largest absolute Gasteiger partial charge is 0.365 e. The van der Waals surface area contributed by atoms with Crippen molar-refractivity contribution in [3.8, 4) is 6.07 Å². The van der Waals surface area contributed by atoms with Crippen molar-refractivity contribution in [2.75, 3.05) is 26.2 Å². The van der Waals surface area contributed by atoms with Gasteiger partial charge in [0.15, 0.2) is 0 Å². The predicted octanol–water partition coefficient (Wildman–Crippen LogP) is 1.00. The molecule has 5 heteroatoms. The van der Waals surface area contributed by atoms with Crippen LogP contribution in [0.5, 0.6) is 0 Å². The third kappa shape index (κ3) is 3.26. The van der Waals surface area contributed by atoms with Gasteiger partial charge < -0.3 is 9.64 Å². The van der Waals surface area contributed by atoms with Gasteiger partial charge in [0.2, 0.25) is 0 Å². The van der Waals surface area contributed by atoms with Crippen molar-refractivity contribution in [2.24, 2.45) is 0 Å². The fraction of sp³-hybridized carbons (Fsp3) is 0.857. The molecule has 0 bridgehead atoms. The molecule has 0 N–H and O–H groups in total. The van der Waals surface area contributed by atoms with Crippen LogP contribution in [0, 0.1) is 11.3 Å². The topological polar surface area (TPSA) is 56.6 Å². The van der Waals surface area contributed by atoms with Crippen molar-refractivity contribution in [1.82, 2.24) is 9.80 Å². The van der Waals surface area contributed by atoms with Crippen LogP contribution in [0.4, 0.5) is 0 Å². The molecule has 2 fully saturated rings. The predicted molar refractivity (Wildman–Crippen MR) is 71.4 cm³/mol. The molecule has 0 aromatic heterocycles. The van der Waals surface area contributed by atoms with E-state index in [1.165, 1.54) is 0 Å². The maximum absolute atomic E-state index is 12.3. The molecule has 2 rings (SSSR count). The van der Waals surface area contributed by atoms with Crippen LogP contribution in [-0.2, 0) is 9.53 Å². The molecule has 0 aromatic carbocycles. The van der Waals surface area contributed by atoms with Crippen molar-refractivity contribution in [1.29, 1.82) is 5.26 Å². The number of hydrogen-bond donors (Lipinski definition) is 0. The molecule has 2 heterocycles. The summed E-state index contributed by atoms with van der Waals surface area (Å²) in [6.07, 6.45) is 2.63. The first-order chi connectivity index (χ1) is 9.15. The number of nitriles is 1. The number of rotatable bonds is 3. The Balaban J connectivity index is 1.83. The van der Waals surface area contributed by atoms with Crippen LogP contribution < -0.4 is 0 Å². The summed E-state index contributed by atoms with van der Waals surface area (Å²) in [6, 6.07) is 2.31. The first-order valence-corrected chi connectivity index (χ1v) is 7.23. The Morgan fingerprint density at radius 1 is 1.37 bits per heavy atom. The first kappa shape index (κ1) is 14.3. The molecule has 3 unspecified atom stereocenters. The van der Waals surface area contributed by atoms with Gasteiger partial charge in [-0.25, -0.2) is 0 Å². The maximum Gasteiger partial charge on any atom is 0.251 e. The lowest BCUT2D eigenvalue weighted by atomic mass is 10.1. The van der Waals surface area contributed by atoms with E-state index in [9.17, 15) is 4.79 Å². The summed E-state index contributed by atoms with van der Waals surface area (Å²) in [4.78, 5) is 16.3. The molecular formula is C14H23N3O2. The zero-order chi connectivity index (χ0) is 13.8. The lowest BCUT2D eigenvalue weighted by Crippen LogP contribution is -2.53. The Bertz CT molecular complexity index is 358. The van der Waals surface area contributed by atoms with E-state index < -0.39 is 0 Å². The third-order valence-corrected chi connectivity index (χ3v) is 4.11. The van der Waals surface area contributed by atoms with Gasteiger partial charge in [-0.1, -0.05) is 6.92 Å². The average molecular weight is 265 g/mol. The molecule has 0 saturated carbocycles.